The van der Waals surface area contributed by atoms with E-state index in [1.807, 2.05) is 13.8 Å². The van der Waals surface area contributed by atoms with E-state index in [9.17, 15) is 9.59 Å². The Morgan fingerprint density at radius 3 is 1.95 bits per heavy atom. The van der Waals surface area contributed by atoms with Crippen LogP contribution in [0.25, 0.3) is 0 Å². The number of hydrogen-bond donors (Lipinski definition) is 0. The number of carbonyl (C=O) groups excluding carboxylic acids is 2. The summed E-state index contributed by atoms with van der Waals surface area (Å²) in [7, 11) is 0. The molecule has 2 heteroatoms. The van der Waals surface area contributed by atoms with Crippen molar-refractivity contribution in [3.05, 3.63) is 0 Å². The largest absolute Gasteiger partial charge is 0.300 e. The van der Waals surface area contributed by atoms with Gasteiger partial charge in [-0.25, -0.2) is 0 Å². The molecule has 0 amide bonds. The number of rotatable bonds is 10. The Balaban J connectivity index is 4.59. The first-order valence-electron chi connectivity index (χ1n) is 7.86. The molecule has 0 N–H and O–H groups in total. The van der Waals surface area contributed by atoms with Crippen LogP contribution in [0.4, 0.5) is 0 Å². The van der Waals surface area contributed by atoms with E-state index in [1.165, 1.54) is 0 Å². The number of carbonyl (C=O) groups is 2. The van der Waals surface area contributed by atoms with Crippen molar-refractivity contribution in [1.29, 1.82) is 0 Å². The molecule has 0 heterocycles. The predicted molar refractivity (Wildman–Crippen MR) is 81.1 cm³/mol. The highest BCUT2D eigenvalue weighted by atomic mass is 16.1. The average molecular weight is 268 g/mol. The van der Waals surface area contributed by atoms with Crippen LogP contribution in [0.15, 0.2) is 0 Å². The molecule has 0 aliphatic rings. The van der Waals surface area contributed by atoms with E-state index < -0.39 is 0 Å². The van der Waals surface area contributed by atoms with Crippen molar-refractivity contribution < 1.29 is 9.59 Å². The lowest BCUT2D eigenvalue weighted by Crippen LogP contribution is -2.30. The fourth-order valence-electron chi connectivity index (χ4n) is 2.36. The van der Waals surface area contributed by atoms with Gasteiger partial charge in [-0.1, -0.05) is 54.4 Å². The lowest BCUT2D eigenvalue weighted by molar-refractivity contribution is -0.132. The Labute approximate surface area is 119 Å². The van der Waals surface area contributed by atoms with E-state index >= 15 is 0 Å². The van der Waals surface area contributed by atoms with Crippen LogP contribution in [0.1, 0.15) is 73.6 Å². The average Bonchev–Trinajstić information content (AvgIpc) is 2.34. The van der Waals surface area contributed by atoms with E-state index in [4.69, 9.17) is 0 Å². The molecule has 2 nitrogen and oxygen atoms in total. The van der Waals surface area contributed by atoms with Crippen molar-refractivity contribution in [3.8, 4) is 0 Å². The second-order valence-electron chi connectivity index (χ2n) is 6.47. The first-order chi connectivity index (χ1) is 8.81. The maximum absolute atomic E-state index is 12.3. The fraction of sp³-hybridized carbons (Fsp3) is 0.882. The highest BCUT2D eigenvalue weighted by Crippen LogP contribution is 2.27. The van der Waals surface area contributed by atoms with E-state index in [1.54, 1.807) is 0 Å². The quantitative estimate of drug-likeness (QED) is 0.540. The van der Waals surface area contributed by atoms with E-state index in [2.05, 4.69) is 27.7 Å². The Kier molecular flexibility index (Phi) is 8.95. The lowest BCUT2D eigenvalue weighted by Gasteiger charge is -2.27. The normalized spacial score (nSPS) is 14.7. The molecule has 0 saturated heterocycles. The maximum Gasteiger partial charge on any atom is 0.139 e. The molecule has 112 valence electrons. The number of hydrogen-bond acceptors (Lipinski definition) is 2. The van der Waals surface area contributed by atoms with E-state index in [0.29, 0.717) is 18.8 Å². The highest BCUT2D eigenvalue weighted by Gasteiger charge is 2.30. The first kappa shape index (κ1) is 18.3. The summed E-state index contributed by atoms with van der Waals surface area (Å²) in [6, 6.07) is 0. The van der Waals surface area contributed by atoms with Crippen LogP contribution in [0.3, 0.4) is 0 Å². The number of ketones is 2. The van der Waals surface area contributed by atoms with Crippen LogP contribution in [0.2, 0.25) is 0 Å². The molecular formula is C17H32O2. The molecule has 0 saturated carbocycles. The summed E-state index contributed by atoms with van der Waals surface area (Å²) in [5.41, 5.74) is 0. The molecular weight excluding hydrogens is 236 g/mol. The topological polar surface area (TPSA) is 34.1 Å². The molecule has 0 aliphatic carbocycles. The Morgan fingerprint density at radius 2 is 1.53 bits per heavy atom. The molecule has 0 bridgehead atoms. The summed E-state index contributed by atoms with van der Waals surface area (Å²) in [6.07, 6.45) is 4.28. The van der Waals surface area contributed by atoms with Crippen molar-refractivity contribution in [2.75, 3.05) is 0 Å². The number of Topliss-reactive ketones (excluding diaryl/α,β-unsaturated/α-hetero) is 2. The molecule has 0 spiro atoms. The van der Waals surface area contributed by atoms with Crippen molar-refractivity contribution in [2.45, 2.75) is 73.6 Å². The Bertz CT molecular complexity index is 279. The van der Waals surface area contributed by atoms with Crippen molar-refractivity contribution >= 4 is 11.6 Å². The summed E-state index contributed by atoms with van der Waals surface area (Å²) < 4.78 is 0. The van der Waals surface area contributed by atoms with Crippen LogP contribution >= 0.6 is 0 Å². The summed E-state index contributed by atoms with van der Waals surface area (Å²) in [5, 5.41) is 0. The third kappa shape index (κ3) is 6.89. The van der Waals surface area contributed by atoms with Gasteiger partial charge in [-0.3, -0.25) is 9.59 Å². The molecule has 0 aromatic heterocycles. The van der Waals surface area contributed by atoms with Gasteiger partial charge in [0.1, 0.15) is 11.6 Å². The van der Waals surface area contributed by atoms with Crippen molar-refractivity contribution in [2.24, 2.45) is 23.7 Å². The van der Waals surface area contributed by atoms with Gasteiger partial charge in [0.2, 0.25) is 0 Å². The molecule has 2 atom stereocenters. The molecule has 0 aromatic carbocycles. The van der Waals surface area contributed by atoms with Gasteiger partial charge in [-0.05, 0) is 18.3 Å². The second kappa shape index (κ2) is 9.28. The van der Waals surface area contributed by atoms with E-state index in [0.717, 1.165) is 19.3 Å². The van der Waals surface area contributed by atoms with Crippen LogP contribution < -0.4 is 0 Å². The molecule has 0 aromatic rings. The summed E-state index contributed by atoms with van der Waals surface area (Å²) >= 11 is 0. The zero-order valence-corrected chi connectivity index (χ0v) is 13.7. The summed E-state index contributed by atoms with van der Waals surface area (Å²) in [6.45, 7) is 12.4. The molecule has 0 rings (SSSR count). The van der Waals surface area contributed by atoms with Crippen LogP contribution in [-0.2, 0) is 9.59 Å². The highest BCUT2D eigenvalue weighted by molar-refractivity contribution is 5.89. The molecule has 0 radical (unpaired) electrons. The fourth-order valence-corrected chi connectivity index (χ4v) is 2.36. The smallest absolute Gasteiger partial charge is 0.139 e. The van der Waals surface area contributed by atoms with Crippen LogP contribution in [-0.4, -0.2) is 11.6 Å². The van der Waals surface area contributed by atoms with Gasteiger partial charge in [0.25, 0.3) is 0 Å². The van der Waals surface area contributed by atoms with Gasteiger partial charge in [-0.15, -0.1) is 0 Å². The van der Waals surface area contributed by atoms with Crippen LogP contribution in [0, 0.1) is 23.7 Å². The van der Waals surface area contributed by atoms with Crippen molar-refractivity contribution in [3.63, 3.8) is 0 Å². The summed E-state index contributed by atoms with van der Waals surface area (Å²) in [5.74, 6) is 1.18. The minimum Gasteiger partial charge on any atom is -0.300 e. The van der Waals surface area contributed by atoms with Gasteiger partial charge < -0.3 is 0 Å². The molecule has 0 fully saturated rings. The zero-order chi connectivity index (χ0) is 15.0. The Hall–Kier alpha value is -0.660. The third-order valence-corrected chi connectivity index (χ3v) is 4.13. The van der Waals surface area contributed by atoms with Gasteiger partial charge in [0.15, 0.2) is 0 Å². The third-order valence-electron chi connectivity index (χ3n) is 4.13. The lowest BCUT2D eigenvalue weighted by atomic mass is 9.76. The Morgan fingerprint density at radius 1 is 0.947 bits per heavy atom. The standard InChI is InChI=1S/C17H32O2/c1-7-8-9-10-15(18)11-16(14(6)12(2)3)17(19)13(4)5/h12-14,16H,7-11H2,1-6H3. The minimum absolute atomic E-state index is 0.0228. The number of unbranched alkanes of at least 4 members (excludes halogenated alkanes) is 2. The van der Waals surface area contributed by atoms with E-state index in [-0.39, 0.29) is 29.3 Å². The van der Waals surface area contributed by atoms with Gasteiger partial charge in [0.05, 0.1) is 0 Å². The first-order valence-corrected chi connectivity index (χ1v) is 7.86. The maximum atomic E-state index is 12.3. The van der Waals surface area contributed by atoms with Gasteiger partial charge >= 0.3 is 0 Å². The van der Waals surface area contributed by atoms with Gasteiger partial charge in [0, 0.05) is 24.7 Å². The SMILES string of the molecule is CCCCCC(=O)CC(C(=O)C(C)C)C(C)C(C)C. The summed E-state index contributed by atoms with van der Waals surface area (Å²) in [4.78, 5) is 24.3. The predicted octanol–water partition coefficient (Wildman–Crippen LogP) is 4.66. The second-order valence-corrected chi connectivity index (χ2v) is 6.47. The van der Waals surface area contributed by atoms with Crippen molar-refractivity contribution in [1.82, 2.24) is 0 Å². The molecule has 19 heavy (non-hydrogen) atoms. The minimum atomic E-state index is -0.0888. The van der Waals surface area contributed by atoms with Crippen LogP contribution in [0.5, 0.6) is 0 Å². The van der Waals surface area contributed by atoms with Gasteiger partial charge in [-0.2, -0.15) is 0 Å². The zero-order valence-electron chi connectivity index (χ0n) is 13.7. The molecule has 0 aliphatic heterocycles. The monoisotopic (exact) mass is 268 g/mol. The molecule has 2 unspecified atom stereocenters.